The summed E-state index contributed by atoms with van der Waals surface area (Å²) in [5.74, 6) is 0. The van der Waals surface area contributed by atoms with E-state index in [9.17, 15) is 0 Å². The van der Waals surface area contributed by atoms with Gasteiger partial charge in [-0.3, -0.25) is 4.90 Å². The van der Waals surface area contributed by atoms with Crippen molar-refractivity contribution in [3.8, 4) is 0 Å². The molecular formula is C25H27Br2N3O3. The smallest absolute Gasteiger partial charge is 0.241 e. The van der Waals surface area contributed by atoms with Gasteiger partial charge in [-0.15, -0.1) is 0 Å². The van der Waals surface area contributed by atoms with Crippen LogP contribution in [0.5, 0.6) is 0 Å². The van der Waals surface area contributed by atoms with Crippen molar-refractivity contribution < 1.29 is 14.4 Å². The third kappa shape index (κ3) is 3.95. The number of morpholine rings is 1. The van der Waals surface area contributed by atoms with E-state index in [1.54, 1.807) is 0 Å². The summed E-state index contributed by atoms with van der Waals surface area (Å²) >= 11 is 7.22. The van der Waals surface area contributed by atoms with E-state index in [-0.39, 0.29) is 6.23 Å². The van der Waals surface area contributed by atoms with E-state index >= 15 is 0 Å². The number of oxime groups is 2. The Kier molecular flexibility index (Phi) is 6.14. The number of aryl methyl sites for hydroxylation is 4. The predicted molar refractivity (Wildman–Crippen MR) is 136 cm³/mol. The maximum atomic E-state index is 6.41. The van der Waals surface area contributed by atoms with Crippen LogP contribution in [0, 0.1) is 27.7 Å². The molecule has 0 aromatic heterocycles. The number of benzene rings is 2. The van der Waals surface area contributed by atoms with Crippen molar-refractivity contribution in [3.05, 3.63) is 66.6 Å². The topological polar surface area (TPSA) is 55.7 Å². The number of rotatable bonds is 3. The molecule has 0 amide bonds. The fourth-order valence-electron chi connectivity index (χ4n) is 5.31. The Labute approximate surface area is 211 Å². The molecule has 0 radical (unpaired) electrons. The van der Waals surface area contributed by atoms with Crippen molar-refractivity contribution in [2.24, 2.45) is 10.3 Å². The Hall–Kier alpha value is -1.74. The zero-order valence-electron chi connectivity index (χ0n) is 19.2. The van der Waals surface area contributed by atoms with Crippen LogP contribution in [0.1, 0.15) is 39.8 Å². The highest BCUT2D eigenvalue weighted by Crippen LogP contribution is 2.43. The van der Waals surface area contributed by atoms with E-state index in [1.165, 1.54) is 0 Å². The Morgan fingerprint density at radius 3 is 1.97 bits per heavy atom. The number of ether oxygens (including phenoxy) is 1. The lowest BCUT2D eigenvalue weighted by atomic mass is 9.81. The molecule has 1 fully saturated rings. The highest BCUT2D eigenvalue weighted by atomic mass is 79.9. The van der Waals surface area contributed by atoms with Gasteiger partial charge < -0.3 is 14.4 Å². The Bertz CT molecular complexity index is 1130. The van der Waals surface area contributed by atoms with E-state index < -0.39 is 5.60 Å². The average molecular weight is 577 g/mol. The SMILES string of the molecule is Cc1cc(Br)cc(C)c1C1=NO[C@@]2(C1)C(c1c(C)cc(Br)cc1C)=NO[C@@H]2N1CCOCC1. The summed E-state index contributed by atoms with van der Waals surface area (Å²) in [7, 11) is 0. The molecule has 2 aromatic carbocycles. The van der Waals surface area contributed by atoms with Crippen molar-refractivity contribution in [3.63, 3.8) is 0 Å². The van der Waals surface area contributed by atoms with Crippen molar-refractivity contribution >= 4 is 43.3 Å². The van der Waals surface area contributed by atoms with Gasteiger partial charge in [0.05, 0.1) is 18.9 Å². The van der Waals surface area contributed by atoms with Crippen LogP contribution in [-0.4, -0.2) is 54.5 Å². The van der Waals surface area contributed by atoms with E-state index in [0.29, 0.717) is 19.6 Å². The van der Waals surface area contributed by atoms with Gasteiger partial charge in [-0.05, 0) is 74.2 Å². The lowest BCUT2D eigenvalue weighted by Crippen LogP contribution is -2.57. The summed E-state index contributed by atoms with van der Waals surface area (Å²) in [6.45, 7) is 11.3. The Morgan fingerprint density at radius 2 is 1.39 bits per heavy atom. The van der Waals surface area contributed by atoms with Crippen LogP contribution in [0.4, 0.5) is 0 Å². The van der Waals surface area contributed by atoms with Gasteiger partial charge in [0.25, 0.3) is 0 Å². The van der Waals surface area contributed by atoms with Crippen LogP contribution < -0.4 is 0 Å². The first-order valence-electron chi connectivity index (χ1n) is 11.2. The molecule has 1 spiro atoms. The van der Waals surface area contributed by atoms with Gasteiger partial charge in [0, 0.05) is 39.6 Å². The number of halogens is 2. The average Bonchev–Trinajstić information content (AvgIpc) is 3.32. The fraction of sp³-hybridized carbons (Fsp3) is 0.440. The molecule has 1 saturated heterocycles. The quantitative estimate of drug-likeness (QED) is 0.491. The molecule has 6 nitrogen and oxygen atoms in total. The molecule has 0 unspecified atom stereocenters. The highest BCUT2D eigenvalue weighted by Gasteiger charge is 2.60. The second-order valence-electron chi connectivity index (χ2n) is 9.07. The summed E-state index contributed by atoms with van der Waals surface area (Å²) in [5, 5.41) is 9.31. The second-order valence-corrected chi connectivity index (χ2v) is 10.9. The molecular weight excluding hydrogens is 550 g/mol. The van der Waals surface area contributed by atoms with Crippen LogP contribution >= 0.6 is 31.9 Å². The molecule has 3 heterocycles. The minimum absolute atomic E-state index is 0.365. The predicted octanol–water partition coefficient (Wildman–Crippen LogP) is 5.40. The van der Waals surface area contributed by atoms with Crippen LogP contribution in [-0.2, 0) is 14.4 Å². The molecule has 0 bridgehead atoms. The van der Waals surface area contributed by atoms with Crippen molar-refractivity contribution in [2.75, 3.05) is 26.3 Å². The number of nitrogens with zero attached hydrogens (tertiary/aromatic N) is 3. The first kappa shape index (κ1) is 23.0. The number of hydrogen-bond donors (Lipinski definition) is 0. The van der Waals surface area contributed by atoms with E-state index in [2.05, 4.69) is 99.0 Å². The summed E-state index contributed by atoms with van der Waals surface area (Å²) in [6.07, 6.45) is 0.225. The molecule has 3 aliphatic heterocycles. The summed E-state index contributed by atoms with van der Waals surface area (Å²) < 4.78 is 7.70. The molecule has 0 saturated carbocycles. The van der Waals surface area contributed by atoms with Crippen LogP contribution in [0.2, 0.25) is 0 Å². The molecule has 2 atom stereocenters. The summed E-state index contributed by atoms with van der Waals surface area (Å²) in [5.41, 5.74) is 7.70. The maximum Gasteiger partial charge on any atom is 0.241 e. The van der Waals surface area contributed by atoms with E-state index in [4.69, 9.17) is 14.4 Å². The minimum atomic E-state index is -0.817. The van der Waals surface area contributed by atoms with E-state index in [1.807, 2.05) is 0 Å². The Morgan fingerprint density at radius 1 is 0.848 bits per heavy atom. The van der Waals surface area contributed by atoms with Crippen molar-refractivity contribution in [1.29, 1.82) is 0 Å². The lowest BCUT2D eigenvalue weighted by Gasteiger charge is -2.37. The molecule has 0 aliphatic carbocycles. The van der Waals surface area contributed by atoms with Gasteiger partial charge in [0.1, 0.15) is 5.71 Å². The van der Waals surface area contributed by atoms with Gasteiger partial charge in [-0.1, -0.05) is 42.2 Å². The zero-order chi connectivity index (χ0) is 23.3. The molecule has 33 heavy (non-hydrogen) atoms. The van der Waals surface area contributed by atoms with Gasteiger partial charge in [-0.25, -0.2) is 0 Å². The second kappa shape index (κ2) is 8.80. The van der Waals surface area contributed by atoms with Crippen LogP contribution in [0.25, 0.3) is 0 Å². The van der Waals surface area contributed by atoms with Gasteiger partial charge in [0.15, 0.2) is 0 Å². The summed E-state index contributed by atoms with van der Waals surface area (Å²) in [6, 6.07) is 8.47. The van der Waals surface area contributed by atoms with Crippen molar-refractivity contribution in [2.45, 2.75) is 45.9 Å². The summed E-state index contributed by atoms with van der Waals surface area (Å²) in [4.78, 5) is 14.8. The third-order valence-corrected chi connectivity index (χ3v) is 7.61. The first-order chi connectivity index (χ1) is 15.8. The lowest BCUT2D eigenvalue weighted by molar-refractivity contribution is -0.159. The van der Waals surface area contributed by atoms with Gasteiger partial charge in [0.2, 0.25) is 11.8 Å². The number of hydrogen-bond acceptors (Lipinski definition) is 6. The van der Waals surface area contributed by atoms with E-state index in [0.717, 1.165) is 66.8 Å². The fourth-order valence-corrected chi connectivity index (χ4v) is 6.68. The van der Waals surface area contributed by atoms with Crippen molar-refractivity contribution in [1.82, 2.24) is 4.90 Å². The third-order valence-electron chi connectivity index (χ3n) is 6.69. The zero-order valence-corrected chi connectivity index (χ0v) is 22.4. The monoisotopic (exact) mass is 575 g/mol. The molecule has 5 rings (SSSR count). The Balaban J connectivity index is 1.59. The normalized spacial score (nSPS) is 25.1. The molecule has 174 valence electrons. The molecule has 8 heteroatoms. The van der Waals surface area contributed by atoms with Gasteiger partial charge in [-0.2, -0.15) is 0 Å². The standard InChI is InChI=1S/C25H27Br2N3O3/c1-14-9-18(26)10-15(2)21(14)20-13-25(33-28-20)23(22-16(3)11-19(27)12-17(22)4)29-32-24(25)30-5-7-31-8-6-30/h9-12,24H,5-8,13H2,1-4H3/t24-,25-/m0/s1. The molecule has 2 aromatic rings. The maximum absolute atomic E-state index is 6.41. The molecule has 3 aliphatic rings. The van der Waals surface area contributed by atoms with Gasteiger partial charge >= 0.3 is 0 Å². The first-order valence-corrected chi connectivity index (χ1v) is 12.7. The molecule has 0 N–H and O–H groups in total. The minimum Gasteiger partial charge on any atom is -0.379 e. The largest absolute Gasteiger partial charge is 0.379 e. The highest BCUT2D eigenvalue weighted by molar-refractivity contribution is 9.10. The van der Waals surface area contributed by atoms with Crippen LogP contribution in [0.3, 0.4) is 0 Å². The van der Waals surface area contributed by atoms with Crippen LogP contribution in [0.15, 0.2) is 43.5 Å².